The minimum absolute atomic E-state index is 0.0134. The molecule has 1 aromatic carbocycles. The SMILES string of the molecule is Cc1ccc(NC(=O)NC(=O)CN2CCC(C(=O)N(C)C(C)C)CC2)c(C)c1. The van der Waals surface area contributed by atoms with Crippen LogP contribution in [0.3, 0.4) is 0 Å². The van der Waals surface area contributed by atoms with Gasteiger partial charge in [0.25, 0.3) is 0 Å². The number of nitrogens with zero attached hydrogens (tertiary/aromatic N) is 2. The first-order valence-electron chi connectivity index (χ1n) is 9.84. The summed E-state index contributed by atoms with van der Waals surface area (Å²) in [6.07, 6.45) is 1.47. The van der Waals surface area contributed by atoms with E-state index in [-0.39, 0.29) is 30.3 Å². The number of aryl methyl sites for hydroxylation is 2. The molecule has 4 amide bonds. The van der Waals surface area contributed by atoms with E-state index in [9.17, 15) is 14.4 Å². The minimum atomic E-state index is -0.527. The summed E-state index contributed by atoms with van der Waals surface area (Å²) in [5, 5.41) is 5.09. The monoisotopic (exact) mass is 388 g/mol. The molecule has 1 aliphatic heterocycles. The number of likely N-dealkylation sites (tertiary alicyclic amines) is 1. The number of anilines is 1. The Morgan fingerprint density at radius 2 is 1.82 bits per heavy atom. The highest BCUT2D eigenvalue weighted by atomic mass is 16.2. The molecule has 1 heterocycles. The highest BCUT2D eigenvalue weighted by Gasteiger charge is 2.28. The van der Waals surface area contributed by atoms with E-state index in [1.165, 1.54) is 0 Å². The summed E-state index contributed by atoms with van der Waals surface area (Å²) in [4.78, 5) is 40.4. The van der Waals surface area contributed by atoms with Gasteiger partial charge in [-0.3, -0.25) is 19.8 Å². The lowest BCUT2D eigenvalue weighted by Gasteiger charge is -2.33. The van der Waals surface area contributed by atoms with Crippen LogP contribution in [0.2, 0.25) is 0 Å². The predicted octanol–water partition coefficient (Wildman–Crippen LogP) is 2.53. The number of imide groups is 1. The highest BCUT2D eigenvalue weighted by molar-refractivity contribution is 6.02. The minimum Gasteiger partial charge on any atom is -0.343 e. The van der Waals surface area contributed by atoms with Gasteiger partial charge in [-0.05, 0) is 65.3 Å². The maximum atomic E-state index is 12.4. The smallest absolute Gasteiger partial charge is 0.325 e. The van der Waals surface area contributed by atoms with Gasteiger partial charge in [0, 0.05) is 24.7 Å². The molecule has 0 spiro atoms. The van der Waals surface area contributed by atoms with Crippen LogP contribution in [0.4, 0.5) is 10.5 Å². The highest BCUT2D eigenvalue weighted by Crippen LogP contribution is 2.20. The van der Waals surface area contributed by atoms with Crippen molar-refractivity contribution in [3.05, 3.63) is 29.3 Å². The Hall–Kier alpha value is -2.41. The van der Waals surface area contributed by atoms with Crippen LogP contribution in [0, 0.1) is 19.8 Å². The molecular weight excluding hydrogens is 356 g/mol. The Morgan fingerprint density at radius 1 is 1.18 bits per heavy atom. The zero-order valence-corrected chi connectivity index (χ0v) is 17.5. The van der Waals surface area contributed by atoms with Crippen LogP contribution in [0.25, 0.3) is 0 Å². The van der Waals surface area contributed by atoms with Gasteiger partial charge in [-0.25, -0.2) is 4.79 Å². The number of amides is 4. The Labute approximate surface area is 167 Å². The molecule has 0 unspecified atom stereocenters. The van der Waals surface area contributed by atoms with Crippen molar-refractivity contribution >= 4 is 23.5 Å². The molecule has 0 atom stereocenters. The van der Waals surface area contributed by atoms with Gasteiger partial charge in [0.1, 0.15) is 0 Å². The van der Waals surface area contributed by atoms with E-state index in [0.29, 0.717) is 18.8 Å². The number of benzene rings is 1. The maximum Gasteiger partial charge on any atom is 0.325 e. The molecule has 1 fully saturated rings. The third-order valence-corrected chi connectivity index (χ3v) is 5.31. The Kier molecular flexibility index (Phi) is 7.57. The van der Waals surface area contributed by atoms with Gasteiger partial charge >= 0.3 is 6.03 Å². The molecule has 1 aliphatic rings. The fraction of sp³-hybridized carbons (Fsp3) is 0.571. The van der Waals surface area contributed by atoms with Crippen molar-refractivity contribution in [3.63, 3.8) is 0 Å². The van der Waals surface area contributed by atoms with Crippen LogP contribution in [0.1, 0.15) is 37.8 Å². The summed E-state index contributed by atoms with van der Waals surface area (Å²) in [5.74, 6) is -0.155. The van der Waals surface area contributed by atoms with Crippen LogP contribution in [0.5, 0.6) is 0 Å². The Balaban J connectivity index is 1.76. The summed E-state index contributed by atoms with van der Waals surface area (Å²) in [6.45, 7) is 9.40. The van der Waals surface area contributed by atoms with Crippen LogP contribution >= 0.6 is 0 Å². The number of rotatable bonds is 5. The molecule has 7 nitrogen and oxygen atoms in total. The second kappa shape index (κ2) is 9.68. The van der Waals surface area contributed by atoms with E-state index in [1.54, 1.807) is 4.90 Å². The van der Waals surface area contributed by atoms with Crippen molar-refractivity contribution in [1.29, 1.82) is 0 Å². The molecule has 0 saturated carbocycles. The number of urea groups is 1. The molecular formula is C21H32N4O3. The van der Waals surface area contributed by atoms with Crippen molar-refractivity contribution in [2.75, 3.05) is 32.0 Å². The lowest BCUT2D eigenvalue weighted by atomic mass is 9.95. The number of nitrogens with one attached hydrogen (secondary N) is 2. The van der Waals surface area contributed by atoms with E-state index in [0.717, 1.165) is 24.0 Å². The van der Waals surface area contributed by atoms with Gasteiger partial charge in [0.2, 0.25) is 11.8 Å². The Bertz CT molecular complexity index is 724. The van der Waals surface area contributed by atoms with Gasteiger partial charge in [0.05, 0.1) is 6.54 Å². The second-order valence-electron chi connectivity index (χ2n) is 7.91. The quantitative estimate of drug-likeness (QED) is 0.812. The van der Waals surface area contributed by atoms with E-state index in [2.05, 4.69) is 10.6 Å². The van der Waals surface area contributed by atoms with E-state index >= 15 is 0 Å². The van der Waals surface area contributed by atoms with Crippen molar-refractivity contribution in [3.8, 4) is 0 Å². The first kappa shape index (κ1) is 21.9. The molecule has 1 saturated heterocycles. The zero-order chi connectivity index (χ0) is 20.8. The molecule has 154 valence electrons. The summed E-state index contributed by atoms with van der Waals surface area (Å²) in [6, 6.07) is 5.37. The van der Waals surface area contributed by atoms with Crippen molar-refractivity contribution in [2.24, 2.45) is 5.92 Å². The van der Waals surface area contributed by atoms with Crippen molar-refractivity contribution in [2.45, 2.75) is 46.6 Å². The standard InChI is InChI=1S/C21H32N4O3/c1-14(2)24(5)20(27)17-8-10-25(11-9-17)13-19(26)23-21(28)22-18-7-6-15(3)12-16(18)4/h6-7,12,14,17H,8-11,13H2,1-5H3,(H2,22,23,26,28). The number of carbonyl (C=O) groups excluding carboxylic acids is 3. The summed E-state index contributed by atoms with van der Waals surface area (Å²) in [5.41, 5.74) is 2.74. The fourth-order valence-electron chi connectivity index (χ4n) is 3.36. The van der Waals surface area contributed by atoms with Gasteiger partial charge in [0.15, 0.2) is 0 Å². The summed E-state index contributed by atoms with van der Waals surface area (Å²) >= 11 is 0. The number of hydrogen-bond acceptors (Lipinski definition) is 4. The van der Waals surface area contributed by atoms with Gasteiger partial charge in [-0.1, -0.05) is 17.7 Å². The van der Waals surface area contributed by atoms with Crippen molar-refractivity contribution in [1.82, 2.24) is 15.1 Å². The van der Waals surface area contributed by atoms with Gasteiger partial charge in [-0.15, -0.1) is 0 Å². The third kappa shape index (κ3) is 6.05. The summed E-state index contributed by atoms with van der Waals surface area (Å²) in [7, 11) is 1.83. The Morgan fingerprint density at radius 3 is 2.39 bits per heavy atom. The molecule has 0 aliphatic carbocycles. The number of hydrogen-bond donors (Lipinski definition) is 2. The van der Waals surface area contributed by atoms with Crippen LogP contribution in [0.15, 0.2) is 18.2 Å². The normalized spacial score (nSPS) is 15.4. The second-order valence-corrected chi connectivity index (χ2v) is 7.91. The predicted molar refractivity (Wildman–Crippen MR) is 110 cm³/mol. The average molecular weight is 389 g/mol. The molecule has 0 radical (unpaired) electrons. The molecule has 7 heteroatoms. The number of piperidine rings is 1. The molecule has 0 aromatic heterocycles. The van der Waals surface area contributed by atoms with Gasteiger partial charge < -0.3 is 10.2 Å². The lowest BCUT2D eigenvalue weighted by molar-refractivity contribution is -0.137. The fourth-order valence-corrected chi connectivity index (χ4v) is 3.36. The average Bonchev–Trinajstić information content (AvgIpc) is 2.63. The van der Waals surface area contributed by atoms with E-state index in [4.69, 9.17) is 0 Å². The molecule has 2 rings (SSSR count). The topological polar surface area (TPSA) is 81.8 Å². The number of carbonyl (C=O) groups is 3. The lowest BCUT2D eigenvalue weighted by Crippen LogP contribution is -2.47. The van der Waals surface area contributed by atoms with Crippen molar-refractivity contribution < 1.29 is 14.4 Å². The molecule has 0 bridgehead atoms. The van der Waals surface area contributed by atoms with Crippen LogP contribution in [-0.2, 0) is 9.59 Å². The zero-order valence-electron chi connectivity index (χ0n) is 17.5. The van der Waals surface area contributed by atoms with Crippen LogP contribution in [-0.4, -0.2) is 60.4 Å². The van der Waals surface area contributed by atoms with E-state index < -0.39 is 6.03 Å². The maximum absolute atomic E-state index is 12.4. The third-order valence-electron chi connectivity index (χ3n) is 5.31. The largest absolute Gasteiger partial charge is 0.343 e. The molecule has 28 heavy (non-hydrogen) atoms. The first-order chi connectivity index (χ1) is 13.2. The summed E-state index contributed by atoms with van der Waals surface area (Å²) < 4.78 is 0. The molecule has 1 aromatic rings. The first-order valence-corrected chi connectivity index (χ1v) is 9.84. The van der Waals surface area contributed by atoms with E-state index in [1.807, 2.05) is 57.8 Å². The van der Waals surface area contributed by atoms with Crippen LogP contribution < -0.4 is 10.6 Å². The van der Waals surface area contributed by atoms with Gasteiger partial charge in [-0.2, -0.15) is 0 Å². The molecule has 2 N–H and O–H groups in total.